The molecule has 3 unspecified atom stereocenters. The van der Waals surface area contributed by atoms with Crippen molar-refractivity contribution in [2.24, 2.45) is 17.8 Å². The molecule has 2 fully saturated rings. The van der Waals surface area contributed by atoms with Crippen LogP contribution < -0.4 is 0 Å². The summed E-state index contributed by atoms with van der Waals surface area (Å²) in [7, 11) is 0. The molecule has 166 valence electrons. The van der Waals surface area contributed by atoms with Crippen LogP contribution in [0.15, 0.2) is 12.4 Å². The molecule has 10 heteroatoms. The van der Waals surface area contributed by atoms with E-state index in [0.717, 1.165) is 5.69 Å². The smallest absolute Gasteiger partial charge is 0.207 e. The Bertz CT molecular complexity index is 868. The lowest BCUT2D eigenvalue weighted by Gasteiger charge is -2.45. The minimum atomic E-state index is -2.77. The molecule has 30 heavy (non-hydrogen) atoms. The quantitative estimate of drug-likeness (QED) is 0.581. The lowest BCUT2D eigenvalue weighted by molar-refractivity contribution is -0.196. The topological polar surface area (TPSA) is 61.4 Å². The van der Waals surface area contributed by atoms with Gasteiger partial charge >= 0.3 is 0 Å². The summed E-state index contributed by atoms with van der Waals surface area (Å²) in [5, 5.41) is 16.9. The zero-order valence-corrected chi connectivity index (χ0v) is 17.5. The summed E-state index contributed by atoms with van der Waals surface area (Å²) >= 11 is 0. The summed E-state index contributed by atoms with van der Waals surface area (Å²) in [6.07, 6.45) is 3.65. The normalized spacial score (nSPS) is 26.4. The monoisotopic (exact) mass is 428 g/mol. The molecule has 0 N–H and O–H groups in total. The molecule has 0 amide bonds. The number of aromatic nitrogens is 6. The van der Waals surface area contributed by atoms with Gasteiger partial charge in [-0.15, -0.1) is 0 Å². The molecule has 0 spiro atoms. The molecule has 0 saturated heterocycles. The summed E-state index contributed by atoms with van der Waals surface area (Å²) in [4.78, 5) is 2.80. The van der Waals surface area contributed by atoms with Crippen LogP contribution in [0.1, 0.15) is 69.7 Å². The van der Waals surface area contributed by atoms with Crippen molar-refractivity contribution >= 4 is 0 Å². The first-order chi connectivity index (χ1) is 14.0. The van der Waals surface area contributed by atoms with E-state index < -0.39 is 23.7 Å². The van der Waals surface area contributed by atoms with Gasteiger partial charge in [0.2, 0.25) is 5.92 Å². The van der Waals surface area contributed by atoms with Gasteiger partial charge in [0, 0.05) is 30.6 Å². The van der Waals surface area contributed by atoms with Gasteiger partial charge in [-0.05, 0) is 24.7 Å². The standard InChI is InChI=1S/C20H28F4N6/c1-12(2)17-8-25-30(27-17)11-16-5-15(20(16,23)24)4-13(3)18-9-26-29(28-18)10-14-6-19(21,22)7-14/h8-9,12-16H,4-7,10-11H2,1-3H3. The van der Waals surface area contributed by atoms with Crippen LogP contribution in [0.3, 0.4) is 0 Å². The molecule has 0 radical (unpaired) electrons. The van der Waals surface area contributed by atoms with Crippen molar-refractivity contribution in [3.8, 4) is 0 Å². The highest BCUT2D eigenvalue weighted by Crippen LogP contribution is 2.52. The Labute approximate surface area is 173 Å². The molecule has 0 aliphatic heterocycles. The molecule has 2 aromatic rings. The van der Waals surface area contributed by atoms with E-state index in [1.807, 2.05) is 20.8 Å². The fourth-order valence-electron chi connectivity index (χ4n) is 4.46. The summed E-state index contributed by atoms with van der Waals surface area (Å²) in [6.45, 7) is 6.30. The van der Waals surface area contributed by atoms with Crippen molar-refractivity contribution in [3.63, 3.8) is 0 Å². The highest BCUT2D eigenvalue weighted by molar-refractivity contribution is 5.05. The van der Waals surface area contributed by atoms with Crippen LogP contribution in [0.4, 0.5) is 17.6 Å². The average Bonchev–Trinajstić information content (AvgIpc) is 3.28. The first kappa shape index (κ1) is 21.2. The van der Waals surface area contributed by atoms with E-state index in [9.17, 15) is 17.6 Å². The minimum absolute atomic E-state index is 0.118. The summed E-state index contributed by atoms with van der Waals surface area (Å²) in [6, 6.07) is 0. The van der Waals surface area contributed by atoms with Gasteiger partial charge in [-0.1, -0.05) is 20.8 Å². The first-order valence-electron chi connectivity index (χ1n) is 10.6. The zero-order chi connectivity index (χ0) is 21.7. The molecule has 0 bridgehead atoms. The van der Waals surface area contributed by atoms with Crippen LogP contribution in [0.5, 0.6) is 0 Å². The van der Waals surface area contributed by atoms with Crippen molar-refractivity contribution in [1.29, 1.82) is 0 Å². The third-order valence-electron chi connectivity index (χ3n) is 6.48. The SMILES string of the molecule is CC(C)c1cnn(CC2CC(CC(C)c3cnn(CC4CC(F)(F)C4)n3)C2(F)F)n1. The van der Waals surface area contributed by atoms with Gasteiger partial charge < -0.3 is 0 Å². The van der Waals surface area contributed by atoms with E-state index >= 15 is 0 Å². The predicted molar refractivity (Wildman–Crippen MR) is 101 cm³/mol. The second-order valence-electron chi connectivity index (χ2n) is 9.37. The van der Waals surface area contributed by atoms with E-state index in [1.165, 1.54) is 9.59 Å². The van der Waals surface area contributed by atoms with Gasteiger partial charge in [0.05, 0.1) is 36.9 Å². The Balaban J connectivity index is 1.28. The second kappa shape index (κ2) is 7.60. The molecule has 3 atom stereocenters. The Morgan fingerprint density at radius 1 is 0.933 bits per heavy atom. The molecule has 0 aromatic carbocycles. The predicted octanol–water partition coefficient (Wildman–Crippen LogP) is 4.50. The van der Waals surface area contributed by atoms with Crippen molar-refractivity contribution in [2.75, 3.05) is 0 Å². The largest absolute Gasteiger partial charge is 0.255 e. The van der Waals surface area contributed by atoms with Gasteiger partial charge in [0.15, 0.2) is 0 Å². The highest BCUT2D eigenvalue weighted by Gasteiger charge is 2.57. The molecule has 2 heterocycles. The molecule has 2 aliphatic rings. The van der Waals surface area contributed by atoms with Gasteiger partial charge in [-0.3, -0.25) is 0 Å². The van der Waals surface area contributed by atoms with Crippen molar-refractivity contribution in [3.05, 3.63) is 23.8 Å². The molecule has 4 rings (SSSR count). The third-order valence-corrected chi connectivity index (χ3v) is 6.48. The maximum Gasteiger partial charge on any atom is 0.255 e. The van der Waals surface area contributed by atoms with Crippen LogP contribution in [0.25, 0.3) is 0 Å². The summed E-state index contributed by atoms with van der Waals surface area (Å²) in [5.41, 5.74) is 1.44. The van der Waals surface area contributed by atoms with E-state index in [0.29, 0.717) is 25.1 Å². The van der Waals surface area contributed by atoms with Crippen molar-refractivity contribution in [1.82, 2.24) is 30.0 Å². The second-order valence-corrected chi connectivity index (χ2v) is 9.37. The van der Waals surface area contributed by atoms with Crippen molar-refractivity contribution < 1.29 is 17.6 Å². The number of rotatable bonds is 8. The number of alkyl halides is 4. The number of halogens is 4. The third kappa shape index (κ3) is 4.23. The van der Waals surface area contributed by atoms with Gasteiger partial charge in [0.25, 0.3) is 5.92 Å². The highest BCUT2D eigenvalue weighted by atomic mass is 19.3. The first-order valence-corrected chi connectivity index (χ1v) is 10.6. The lowest BCUT2D eigenvalue weighted by Crippen LogP contribution is -2.51. The lowest BCUT2D eigenvalue weighted by atomic mass is 9.67. The van der Waals surface area contributed by atoms with Gasteiger partial charge in [-0.2, -0.15) is 30.0 Å². The van der Waals surface area contributed by atoms with E-state index in [-0.39, 0.29) is 37.1 Å². The fraction of sp³-hybridized carbons (Fsp3) is 0.800. The maximum absolute atomic E-state index is 14.7. The summed E-state index contributed by atoms with van der Waals surface area (Å²) < 4.78 is 55.4. The molecular weight excluding hydrogens is 400 g/mol. The Morgan fingerprint density at radius 3 is 2.10 bits per heavy atom. The molecule has 2 aliphatic carbocycles. The van der Waals surface area contributed by atoms with Crippen LogP contribution in [0, 0.1) is 17.8 Å². The van der Waals surface area contributed by atoms with E-state index in [4.69, 9.17) is 0 Å². The molecular formula is C20H28F4N6. The number of hydrogen-bond donors (Lipinski definition) is 0. The van der Waals surface area contributed by atoms with Crippen molar-refractivity contribution in [2.45, 2.75) is 83.2 Å². The number of hydrogen-bond acceptors (Lipinski definition) is 4. The molecule has 6 nitrogen and oxygen atoms in total. The van der Waals surface area contributed by atoms with Crippen LogP contribution >= 0.6 is 0 Å². The van der Waals surface area contributed by atoms with Gasteiger partial charge in [0.1, 0.15) is 0 Å². The minimum Gasteiger partial charge on any atom is -0.207 e. The van der Waals surface area contributed by atoms with Crippen LogP contribution in [-0.2, 0) is 13.1 Å². The molecule has 2 aromatic heterocycles. The maximum atomic E-state index is 14.7. The van der Waals surface area contributed by atoms with E-state index in [1.54, 1.807) is 12.4 Å². The Morgan fingerprint density at radius 2 is 1.53 bits per heavy atom. The fourth-order valence-corrected chi connectivity index (χ4v) is 4.46. The van der Waals surface area contributed by atoms with Crippen LogP contribution in [0.2, 0.25) is 0 Å². The zero-order valence-electron chi connectivity index (χ0n) is 17.5. The molecule has 2 saturated carbocycles. The number of nitrogens with zero attached hydrogens (tertiary/aromatic N) is 6. The van der Waals surface area contributed by atoms with Crippen LogP contribution in [-0.4, -0.2) is 41.8 Å². The summed E-state index contributed by atoms with van der Waals surface area (Å²) in [5.74, 6) is -6.90. The Kier molecular flexibility index (Phi) is 5.38. The van der Waals surface area contributed by atoms with E-state index in [2.05, 4.69) is 20.4 Å². The van der Waals surface area contributed by atoms with Gasteiger partial charge in [-0.25, -0.2) is 17.6 Å². The average molecular weight is 428 g/mol. The Hall–Kier alpha value is -2.00.